The van der Waals surface area contributed by atoms with Crippen LogP contribution in [0.2, 0.25) is 5.02 Å². The van der Waals surface area contributed by atoms with Gasteiger partial charge in [0.2, 0.25) is 0 Å². The van der Waals surface area contributed by atoms with Gasteiger partial charge in [0.15, 0.2) is 0 Å². The number of β-amino-alcohol motifs (C(OH)–C–C–N with tert-alkyl or cyclic N) is 1. The van der Waals surface area contributed by atoms with E-state index in [9.17, 15) is 20.3 Å². The molecular formula is C42H48ClN5O5. The number of rotatable bonds is 15. The Morgan fingerprint density at radius 2 is 1.74 bits per heavy atom. The first-order valence-corrected chi connectivity index (χ1v) is 18.7. The molecule has 2 aliphatic heterocycles. The summed E-state index contributed by atoms with van der Waals surface area (Å²) >= 11 is 6.85. The number of nitriles is 1. The van der Waals surface area contributed by atoms with Gasteiger partial charge in [-0.05, 0) is 91.6 Å². The second kappa shape index (κ2) is 18.0. The molecule has 0 saturated carbocycles. The zero-order valence-electron chi connectivity index (χ0n) is 30.5. The van der Waals surface area contributed by atoms with Crippen molar-refractivity contribution in [2.45, 2.75) is 71.4 Å². The van der Waals surface area contributed by atoms with E-state index in [-0.39, 0.29) is 19.3 Å². The zero-order valence-corrected chi connectivity index (χ0v) is 31.2. The molecule has 3 heterocycles. The van der Waals surface area contributed by atoms with Gasteiger partial charge in [-0.15, -0.1) is 0 Å². The highest BCUT2D eigenvalue weighted by Crippen LogP contribution is 2.36. The largest absolute Gasteiger partial charge is 0.488 e. The predicted molar refractivity (Wildman–Crippen MR) is 205 cm³/mol. The third-order valence-corrected chi connectivity index (χ3v) is 10.7. The van der Waals surface area contributed by atoms with E-state index < -0.39 is 12.0 Å². The Bertz CT molecular complexity index is 1950. The molecule has 0 aliphatic carbocycles. The number of nitrogens with zero attached hydrogens (tertiary/aromatic N) is 4. The summed E-state index contributed by atoms with van der Waals surface area (Å²) in [5.74, 6) is 0.0842. The molecule has 3 N–H and O–H groups in total. The van der Waals surface area contributed by atoms with E-state index in [2.05, 4.69) is 71.5 Å². The van der Waals surface area contributed by atoms with Crippen molar-refractivity contribution in [1.29, 1.82) is 5.26 Å². The van der Waals surface area contributed by atoms with Crippen molar-refractivity contribution in [3.63, 3.8) is 0 Å². The van der Waals surface area contributed by atoms with E-state index >= 15 is 0 Å². The van der Waals surface area contributed by atoms with E-state index in [0.717, 1.165) is 67.6 Å². The van der Waals surface area contributed by atoms with Gasteiger partial charge in [-0.3, -0.25) is 14.7 Å². The minimum Gasteiger partial charge on any atom is -0.488 e. The summed E-state index contributed by atoms with van der Waals surface area (Å²) < 4.78 is 12.7. The number of carboxylic acid groups (broad SMARTS) is 1. The van der Waals surface area contributed by atoms with E-state index in [0.29, 0.717) is 48.3 Å². The molecular weight excluding hydrogens is 690 g/mol. The summed E-state index contributed by atoms with van der Waals surface area (Å²) in [5, 5.41) is 32.6. The summed E-state index contributed by atoms with van der Waals surface area (Å²) in [5.41, 5.74) is 9.09. The lowest BCUT2D eigenvalue weighted by atomic mass is 9.90. The van der Waals surface area contributed by atoms with Gasteiger partial charge in [-0.1, -0.05) is 48.0 Å². The van der Waals surface area contributed by atoms with Crippen molar-refractivity contribution in [3.8, 4) is 28.7 Å². The number of aliphatic hydroxyl groups is 1. The average Bonchev–Trinajstić information content (AvgIpc) is 3.58. The van der Waals surface area contributed by atoms with Crippen molar-refractivity contribution in [2.24, 2.45) is 0 Å². The summed E-state index contributed by atoms with van der Waals surface area (Å²) in [6.07, 6.45) is 7.10. The molecule has 278 valence electrons. The Morgan fingerprint density at radius 1 is 0.981 bits per heavy atom. The maximum atomic E-state index is 12.0. The van der Waals surface area contributed by atoms with Crippen molar-refractivity contribution in [1.82, 2.24) is 20.1 Å². The number of ether oxygens (including phenoxy) is 2. The van der Waals surface area contributed by atoms with Gasteiger partial charge < -0.3 is 29.9 Å². The van der Waals surface area contributed by atoms with Gasteiger partial charge in [0.05, 0.1) is 16.7 Å². The van der Waals surface area contributed by atoms with E-state index in [1.54, 1.807) is 24.4 Å². The molecule has 53 heavy (non-hydrogen) atoms. The Kier molecular flexibility index (Phi) is 13.0. The summed E-state index contributed by atoms with van der Waals surface area (Å²) in [6, 6.07) is 19.6. The normalized spacial score (nSPS) is 17.8. The summed E-state index contributed by atoms with van der Waals surface area (Å²) in [6.45, 7) is 9.50. The van der Waals surface area contributed by atoms with Crippen LogP contribution >= 0.6 is 11.6 Å². The van der Waals surface area contributed by atoms with Crippen LogP contribution in [0.4, 0.5) is 0 Å². The fourth-order valence-corrected chi connectivity index (χ4v) is 7.57. The lowest BCUT2D eigenvalue weighted by molar-refractivity contribution is -0.144. The topological polar surface area (TPSA) is 131 Å². The van der Waals surface area contributed by atoms with Crippen LogP contribution in [0, 0.1) is 25.2 Å². The Morgan fingerprint density at radius 3 is 2.47 bits per heavy atom. The van der Waals surface area contributed by atoms with E-state index in [4.69, 9.17) is 21.1 Å². The number of pyridine rings is 1. The second-order valence-corrected chi connectivity index (χ2v) is 14.5. The van der Waals surface area contributed by atoms with Crippen LogP contribution < -0.4 is 14.8 Å². The van der Waals surface area contributed by atoms with E-state index in [1.807, 2.05) is 4.90 Å². The molecule has 2 fully saturated rings. The molecule has 0 radical (unpaired) electrons. The predicted octanol–water partition coefficient (Wildman–Crippen LogP) is 6.30. The van der Waals surface area contributed by atoms with Crippen LogP contribution in [0.5, 0.6) is 11.5 Å². The molecule has 6 rings (SSSR count). The number of likely N-dealkylation sites (tertiary alicyclic amines) is 1. The number of aromatic nitrogens is 1. The van der Waals surface area contributed by atoms with Crippen molar-refractivity contribution >= 4 is 17.6 Å². The van der Waals surface area contributed by atoms with Gasteiger partial charge in [0.1, 0.15) is 36.8 Å². The van der Waals surface area contributed by atoms with Crippen LogP contribution in [-0.4, -0.2) is 82.4 Å². The maximum Gasteiger partial charge on any atom is 0.322 e. The van der Waals surface area contributed by atoms with Crippen LogP contribution in [0.1, 0.15) is 58.2 Å². The third kappa shape index (κ3) is 9.74. The summed E-state index contributed by atoms with van der Waals surface area (Å²) in [7, 11) is 0. The van der Waals surface area contributed by atoms with Crippen molar-refractivity contribution in [2.75, 3.05) is 39.3 Å². The number of aliphatic hydroxyl groups excluding tert-OH is 1. The van der Waals surface area contributed by atoms with Crippen LogP contribution in [0.25, 0.3) is 11.1 Å². The maximum absolute atomic E-state index is 12.0. The minimum atomic E-state index is -0.889. The molecule has 2 aliphatic rings. The molecule has 4 aromatic rings. The Hall–Kier alpha value is -4.50. The number of hydrogen-bond acceptors (Lipinski definition) is 9. The number of aliphatic carboxylic acids is 1. The summed E-state index contributed by atoms with van der Waals surface area (Å²) in [4.78, 5) is 20.4. The van der Waals surface area contributed by atoms with Crippen molar-refractivity contribution < 1.29 is 24.5 Å². The average molecular weight is 738 g/mol. The molecule has 0 spiro atoms. The first kappa shape index (κ1) is 38.2. The number of carboxylic acids is 1. The second-order valence-electron chi connectivity index (χ2n) is 14.1. The molecule has 1 aromatic heterocycles. The zero-order chi connectivity index (χ0) is 37.3. The smallest absolute Gasteiger partial charge is 0.322 e. The number of halogens is 1. The number of aryl methyl sites for hydroxylation is 1. The minimum absolute atomic E-state index is 0.155. The molecule has 2 atom stereocenters. The molecule has 2 saturated heterocycles. The van der Waals surface area contributed by atoms with Gasteiger partial charge in [-0.2, -0.15) is 5.26 Å². The first-order chi connectivity index (χ1) is 25.7. The van der Waals surface area contributed by atoms with Gasteiger partial charge in [-0.25, -0.2) is 0 Å². The van der Waals surface area contributed by atoms with Crippen LogP contribution in [0.15, 0.2) is 67.0 Å². The number of carbonyl (C=O) groups is 1. The lowest BCUT2D eigenvalue weighted by Gasteiger charge is -2.33. The molecule has 10 nitrogen and oxygen atoms in total. The first-order valence-electron chi connectivity index (χ1n) is 18.4. The quantitative estimate of drug-likeness (QED) is 0.120. The molecule has 0 amide bonds. The fourth-order valence-electron chi connectivity index (χ4n) is 7.33. The fraction of sp³-hybridized carbons (Fsp3) is 0.405. The highest BCUT2D eigenvalue weighted by atomic mass is 35.5. The molecule has 2 unspecified atom stereocenters. The third-order valence-electron chi connectivity index (χ3n) is 10.4. The van der Waals surface area contributed by atoms with E-state index in [1.165, 1.54) is 28.5 Å². The Labute approximate surface area is 316 Å². The van der Waals surface area contributed by atoms with Crippen LogP contribution in [-0.2, 0) is 31.0 Å². The number of piperazine rings is 1. The monoisotopic (exact) mass is 737 g/mol. The number of benzene rings is 3. The SMILES string of the molecule is Cc1c(CCCCN2CCC(O)C2)cccc1-c1cccc(COc2cc(OCc3cncc(C#N)c3)c(CN3CCNCC3C(=O)O)cc2Cl)c1C. The van der Waals surface area contributed by atoms with Gasteiger partial charge in [0, 0.05) is 68.9 Å². The molecule has 0 bridgehead atoms. The standard InChI is InChI=1S/C42H48ClN5O5/c1-28-32(7-3-4-14-47-15-12-35(49)25-47)8-5-10-36(28)37-11-6-9-33(29(37)2)27-53-41-19-40(52-26-31-17-30(20-44)21-46-22-31)34(18-38(41)43)24-48-16-13-45-23-39(48)42(50)51/h5-6,8-11,17-19,21-22,35,39,45,49H,3-4,7,12-16,23-27H2,1-2H3,(H,50,51). The Balaban J connectivity index is 1.18. The molecule has 11 heteroatoms. The number of unbranched alkanes of at least 4 members (excludes halogenated alkanes) is 1. The van der Waals surface area contributed by atoms with Crippen molar-refractivity contribution in [3.05, 3.63) is 111 Å². The lowest BCUT2D eigenvalue weighted by Crippen LogP contribution is -2.54. The van der Waals surface area contributed by atoms with Crippen LogP contribution in [0.3, 0.4) is 0 Å². The highest BCUT2D eigenvalue weighted by Gasteiger charge is 2.29. The van der Waals surface area contributed by atoms with Gasteiger partial charge >= 0.3 is 5.97 Å². The number of hydrogen-bond donors (Lipinski definition) is 3. The molecule has 3 aromatic carbocycles. The van der Waals surface area contributed by atoms with Gasteiger partial charge in [0.25, 0.3) is 0 Å². The number of nitrogens with one attached hydrogen (secondary N) is 1. The highest BCUT2D eigenvalue weighted by molar-refractivity contribution is 6.32.